The number of hydrogen-bond donors (Lipinski definition) is 3. The molecular formula is C23H22IN3O3S. The average molecular weight is 547 g/mol. The maximum Gasteiger partial charge on any atom is 0.261 e. The van der Waals surface area contributed by atoms with Gasteiger partial charge in [-0.3, -0.25) is 4.72 Å². The quantitative estimate of drug-likeness (QED) is 0.209. The van der Waals surface area contributed by atoms with Crippen LogP contribution in [0.5, 0.6) is 5.75 Å². The van der Waals surface area contributed by atoms with Gasteiger partial charge >= 0.3 is 0 Å². The summed E-state index contributed by atoms with van der Waals surface area (Å²) in [6.45, 7) is 1.81. The lowest BCUT2D eigenvalue weighted by atomic mass is 10.2. The Balaban J connectivity index is 1.29. The number of rotatable bonds is 9. The van der Waals surface area contributed by atoms with Crippen LogP contribution >= 0.6 is 22.6 Å². The van der Waals surface area contributed by atoms with Crippen LogP contribution in [0.2, 0.25) is 0 Å². The maximum absolute atomic E-state index is 12.6. The van der Waals surface area contributed by atoms with E-state index < -0.39 is 10.0 Å². The van der Waals surface area contributed by atoms with Gasteiger partial charge in [-0.1, -0.05) is 18.2 Å². The smallest absolute Gasteiger partial charge is 0.261 e. The van der Waals surface area contributed by atoms with Crippen LogP contribution < -0.4 is 14.8 Å². The van der Waals surface area contributed by atoms with Crippen LogP contribution in [0.1, 0.15) is 5.56 Å². The number of ether oxygens (including phenoxy) is 1. The standard InChI is InChI=1S/C23H22IN3O3S/c24-18-7-9-20(10-8-18)31(28,29)27-19-4-1-3-17(15-19)16-25-13-14-30-23-6-2-5-22-21(23)11-12-26-22/h1-12,15,25-27H,13-14,16H2. The molecule has 0 aliphatic carbocycles. The molecule has 6 nitrogen and oxygen atoms in total. The molecule has 1 aromatic heterocycles. The summed E-state index contributed by atoms with van der Waals surface area (Å²) < 4.78 is 34.7. The minimum atomic E-state index is -3.62. The monoisotopic (exact) mass is 547 g/mol. The zero-order valence-electron chi connectivity index (χ0n) is 16.6. The Kier molecular flexibility index (Phi) is 6.79. The number of aromatic nitrogens is 1. The molecule has 0 amide bonds. The fourth-order valence-corrected chi connectivity index (χ4v) is 4.63. The lowest BCUT2D eigenvalue weighted by Gasteiger charge is -2.11. The highest BCUT2D eigenvalue weighted by Gasteiger charge is 2.14. The maximum atomic E-state index is 12.6. The molecule has 4 aromatic rings. The first-order valence-corrected chi connectivity index (χ1v) is 12.3. The Morgan fingerprint density at radius 3 is 2.61 bits per heavy atom. The van der Waals surface area contributed by atoms with E-state index in [1.54, 1.807) is 30.3 Å². The first kappa shape index (κ1) is 21.7. The molecule has 31 heavy (non-hydrogen) atoms. The van der Waals surface area contributed by atoms with E-state index in [9.17, 15) is 8.42 Å². The first-order valence-electron chi connectivity index (χ1n) is 9.78. The molecule has 0 unspecified atom stereocenters. The summed E-state index contributed by atoms with van der Waals surface area (Å²) in [4.78, 5) is 3.41. The molecule has 1 heterocycles. The zero-order valence-corrected chi connectivity index (χ0v) is 19.6. The Hall–Kier alpha value is -2.56. The number of anilines is 1. The largest absolute Gasteiger partial charge is 0.492 e. The highest BCUT2D eigenvalue weighted by Crippen LogP contribution is 2.24. The van der Waals surface area contributed by atoms with Crippen molar-refractivity contribution in [2.45, 2.75) is 11.4 Å². The molecule has 0 aliphatic rings. The SMILES string of the molecule is O=S(=O)(Nc1cccc(CNCCOc2cccc3[nH]ccc23)c1)c1ccc(I)cc1. The summed E-state index contributed by atoms with van der Waals surface area (Å²) in [6, 6.07) is 22.1. The lowest BCUT2D eigenvalue weighted by Crippen LogP contribution is -2.20. The van der Waals surface area contributed by atoms with Crippen LogP contribution in [0.4, 0.5) is 5.69 Å². The number of benzene rings is 3. The third-order valence-corrected chi connectivity index (χ3v) is 6.84. The number of halogens is 1. The van der Waals surface area contributed by atoms with Gasteiger partial charge in [0.25, 0.3) is 10.0 Å². The zero-order chi connectivity index (χ0) is 21.7. The lowest BCUT2D eigenvalue weighted by molar-refractivity contribution is 0.317. The minimum Gasteiger partial charge on any atom is -0.492 e. The normalized spacial score (nSPS) is 11.5. The third kappa shape index (κ3) is 5.57. The van der Waals surface area contributed by atoms with Crippen molar-refractivity contribution in [3.05, 3.63) is 88.1 Å². The summed E-state index contributed by atoms with van der Waals surface area (Å²) in [5.41, 5.74) is 2.57. The van der Waals surface area contributed by atoms with Gasteiger partial charge in [0.2, 0.25) is 0 Å². The van der Waals surface area contributed by atoms with Gasteiger partial charge in [-0.2, -0.15) is 0 Å². The Labute approximate surface area is 195 Å². The predicted molar refractivity (Wildman–Crippen MR) is 132 cm³/mol. The van der Waals surface area contributed by atoms with Crippen molar-refractivity contribution in [1.82, 2.24) is 10.3 Å². The Morgan fingerprint density at radius 1 is 0.968 bits per heavy atom. The summed E-state index contributed by atoms with van der Waals surface area (Å²) >= 11 is 2.15. The van der Waals surface area contributed by atoms with Gasteiger partial charge in [-0.15, -0.1) is 0 Å². The fraction of sp³-hybridized carbons (Fsp3) is 0.130. The predicted octanol–water partition coefficient (Wildman–Crippen LogP) is 4.74. The van der Waals surface area contributed by atoms with Gasteiger partial charge < -0.3 is 15.0 Å². The van der Waals surface area contributed by atoms with Crippen LogP contribution in [0, 0.1) is 3.57 Å². The van der Waals surface area contributed by atoms with Crippen molar-refractivity contribution in [2.75, 3.05) is 17.9 Å². The van der Waals surface area contributed by atoms with Crippen LogP contribution in [-0.4, -0.2) is 26.6 Å². The van der Waals surface area contributed by atoms with E-state index in [4.69, 9.17) is 4.74 Å². The molecule has 0 bridgehead atoms. The van der Waals surface area contributed by atoms with Gasteiger partial charge in [0.15, 0.2) is 0 Å². The number of fused-ring (bicyclic) bond motifs is 1. The second kappa shape index (κ2) is 9.71. The van der Waals surface area contributed by atoms with E-state index in [1.165, 1.54) is 0 Å². The topological polar surface area (TPSA) is 83.2 Å². The molecular weight excluding hydrogens is 525 g/mol. The van der Waals surface area contributed by atoms with Crippen LogP contribution in [0.25, 0.3) is 10.9 Å². The fourth-order valence-electron chi connectivity index (χ4n) is 3.22. The second-order valence-corrected chi connectivity index (χ2v) is 9.91. The molecule has 3 N–H and O–H groups in total. The van der Waals surface area contributed by atoms with Crippen LogP contribution in [-0.2, 0) is 16.6 Å². The third-order valence-electron chi connectivity index (χ3n) is 4.72. The van der Waals surface area contributed by atoms with Gasteiger partial charge in [0, 0.05) is 39.4 Å². The highest BCUT2D eigenvalue weighted by molar-refractivity contribution is 14.1. The van der Waals surface area contributed by atoms with Crippen molar-refractivity contribution in [2.24, 2.45) is 0 Å². The number of H-pyrrole nitrogens is 1. The molecule has 0 saturated carbocycles. The van der Waals surface area contributed by atoms with E-state index in [0.717, 1.165) is 25.8 Å². The average Bonchev–Trinajstić information content (AvgIpc) is 3.23. The number of hydrogen-bond acceptors (Lipinski definition) is 4. The number of nitrogens with one attached hydrogen (secondary N) is 3. The summed E-state index contributed by atoms with van der Waals surface area (Å²) in [5.74, 6) is 0.854. The molecule has 0 spiro atoms. The molecule has 3 aromatic carbocycles. The van der Waals surface area contributed by atoms with E-state index in [0.29, 0.717) is 25.4 Å². The first-order chi connectivity index (χ1) is 15.0. The van der Waals surface area contributed by atoms with Crippen LogP contribution in [0.3, 0.4) is 0 Å². The molecule has 160 valence electrons. The molecule has 0 fully saturated rings. The van der Waals surface area contributed by atoms with Crippen molar-refractivity contribution >= 4 is 49.2 Å². The van der Waals surface area contributed by atoms with Crippen molar-refractivity contribution in [1.29, 1.82) is 0 Å². The second-order valence-electron chi connectivity index (χ2n) is 6.98. The van der Waals surface area contributed by atoms with Gasteiger partial charge in [0.05, 0.1) is 4.90 Å². The van der Waals surface area contributed by atoms with Crippen molar-refractivity contribution in [3.63, 3.8) is 0 Å². The van der Waals surface area contributed by atoms with Gasteiger partial charge in [-0.05, 0) is 82.8 Å². The van der Waals surface area contributed by atoms with E-state index in [-0.39, 0.29) is 4.90 Å². The number of aromatic amines is 1. The summed E-state index contributed by atoms with van der Waals surface area (Å²) in [6.07, 6.45) is 1.90. The summed E-state index contributed by atoms with van der Waals surface area (Å²) in [5, 5.41) is 4.40. The van der Waals surface area contributed by atoms with E-state index in [1.807, 2.05) is 48.7 Å². The molecule has 0 atom stereocenters. The molecule has 0 radical (unpaired) electrons. The summed E-state index contributed by atoms with van der Waals surface area (Å²) in [7, 11) is -3.62. The minimum absolute atomic E-state index is 0.242. The van der Waals surface area contributed by atoms with Crippen molar-refractivity contribution < 1.29 is 13.2 Å². The molecule has 0 aliphatic heterocycles. The van der Waals surface area contributed by atoms with Crippen molar-refractivity contribution in [3.8, 4) is 5.75 Å². The van der Waals surface area contributed by atoms with E-state index >= 15 is 0 Å². The van der Waals surface area contributed by atoms with Gasteiger partial charge in [-0.25, -0.2) is 8.42 Å². The molecule has 0 saturated heterocycles. The Bertz CT molecular complexity index is 1270. The number of sulfonamides is 1. The van der Waals surface area contributed by atoms with Gasteiger partial charge in [0.1, 0.15) is 12.4 Å². The molecule has 8 heteroatoms. The van der Waals surface area contributed by atoms with E-state index in [2.05, 4.69) is 37.6 Å². The van der Waals surface area contributed by atoms with Crippen LogP contribution in [0.15, 0.2) is 83.9 Å². The molecule has 4 rings (SSSR count). The highest BCUT2D eigenvalue weighted by atomic mass is 127. The Morgan fingerprint density at radius 2 is 1.77 bits per heavy atom.